The Morgan fingerprint density at radius 2 is 2.50 bits per heavy atom. The van der Waals surface area contributed by atoms with E-state index < -0.39 is 0 Å². The molecule has 0 unspecified atom stereocenters. The van der Waals surface area contributed by atoms with Gasteiger partial charge in [-0.05, 0) is 12.5 Å². The van der Waals surface area contributed by atoms with E-state index in [9.17, 15) is 4.79 Å². The van der Waals surface area contributed by atoms with Gasteiger partial charge in [-0.3, -0.25) is 4.79 Å². The van der Waals surface area contributed by atoms with Gasteiger partial charge >= 0.3 is 0 Å². The molecule has 0 saturated heterocycles. The van der Waals surface area contributed by atoms with Gasteiger partial charge in [-0.1, -0.05) is 6.58 Å². The zero-order chi connectivity index (χ0) is 7.82. The van der Waals surface area contributed by atoms with Gasteiger partial charge < -0.3 is 10.2 Å². The molecule has 3 N–H and O–H groups in total. The molecule has 4 nitrogen and oxygen atoms in total. The van der Waals surface area contributed by atoms with E-state index in [1.54, 1.807) is 0 Å². The van der Waals surface area contributed by atoms with Gasteiger partial charge in [0.15, 0.2) is 0 Å². The van der Waals surface area contributed by atoms with Crippen LogP contribution in [0.25, 0.3) is 0 Å². The molecule has 0 aliphatic rings. The second-order valence-electron chi connectivity index (χ2n) is 1.72. The Bertz CT molecular complexity index is 114. The fraction of sp³-hybridized carbons (Fsp3) is 0.500. The molecule has 58 valence electrons. The van der Waals surface area contributed by atoms with E-state index in [0.29, 0.717) is 13.2 Å². The summed E-state index contributed by atoms with van der Waals surface area (Å²) in [6.07, 6.45) is 1.94. The average molecular weight is 144 g/mol. The van der Waals surface area contributed by atoms with Gasteiger partial charge in [0.1, 0.15) is 0 Å². The lowest BCUT2D eigenvalue weighted by molar-refractivity contribution is -0.116. The Morgan fingerprint density at radius 3 is 3.00 bits per heavy atom. The molecule has 0 aliphatic carbocycles. The first-order valence-corrected chi connectivity index (χ1v) is 3.03. The molecule has 0 aliphatic heterocycles. The molecule has 0 radical (unpaired) electrons. The largest absolute Gasteiger partial charge is 0.352 e. The molecule has 0 aromatic carbocycles. The highest BCUT2D eigenvalue weighted by Gasteiger charge is 1.90. The van der Waals surface area contributed by atoms with E-state index >= 15 is 0 Å². The van der Waals surface area contributed by atoms with Crippen LogP contribution in [0.4, 0.5) is 0 Å². The quantitative estimate of drug-likeness (QED) is 0.312. The van der Waals surface area contributed by atoms with Crippen LogP contribution in [0.3, 0.4) is 0 Å². The minimum absolute atomic E-state index is 0.169. The van der Waals surface area contributed by atoms with Crippen LogP contribution in [0, 0.1) is 0 Å². The number of nitrogens with two attached hydrogens (primary N) is 1. The lowest BCUT2D eigenvalue weighted by Gasteiger charge is -1.99. The van der Waals surface area contributed by atoms with Gasteiger partial charge in [0, 0.05) is 6.54 Å². The maximum Gasteiger partial charge on any atom is 0.243 e. The molecule has 0 heterocycles. The number of rotatable bonds is 5. The molecular weight excluding hydrogens is 132 g/mol. The van der Waals surface area contributed by atoms with E-state index in [1.165, 1.54) is 6.08 Å². The summed E-state index contributed by atoms with van der Waals surface area (Å²) in [5.41, 5.74) is 0. The van der Waals surface area contributed by atoms with Gasteiger partial charge in [-0.2, -0.15) is 0 Å². The van der Waals surface area contributed by atoms with Crippen molar-refractivity contribution < 1.29 is 9.63 Å². The van der Waals surface area contributed by atoms with E-state index in [0.717, 1.165) is 6.42 Å². The number of carbonyl (C=O) groups is 1. The van der Waals surface area contributed by atoms with Crippen LogP contribution in [0.5, 0.6) is 0 Å². The zero-order valence-electron chi connectivity index (χ0n) is 5.80. The lowest BCUT2D eigenvalue weighted by Crippen LogP contribution is -2.23. The maximum absolute atomic E-state index is 10.5. The number of carbonyl (C=O) groups excluding carboxylic acids is 1. The van der Waals surface area contributed by atoms with Crippen molar-refractivity contribution in [3.63, 3.8) is 0 Å². The molecular formula is C6H12N2O2. The first-order chi connectivity index (χ1) is 4.81. The second-order valence-corrected chi connectivity index (χ2v) is 1.72. The molecule has 0 fully saturated rings. The van der Waals surface area contributed by atoms with E-state index in [4.69, 9.17) is 5.90 Å². The summed E-state index contributed by atoms with van der Waals surface area (Å²) < 4.78 is 0. The Kier molecular flexibility index (Phi) is 5.71. The third-order valence-electron chi connectivity index (χ3n) is 0.924. The normalized spacial score (nSPS) is 8.90. The van der Waals surface area contributed by atoms with Crippen molar-refractivity contribution in [1.82, 2.24) is 5.32 Å². The molecule has 4 heteroatoms. The van der Waals surface area contributed by atoms with Crippen LogP contribution in [0.2, 0.25) is 0 Å². The summed E-state index contributed by atoms with van der Waals surface area (Å²) in [6, 6.07) is 0. The number of hydrogen-bond acceptors (Lipinski definition) is 3. The van der Waals surface area contributed by atoms with Crippen LogP contribution in [0.1, 0.15) is 6.42 Å². The molecule has 0 aromatic rings. The average Bonchev–Trinajstić information content (AvgIpc) is 1.98. The summed E-state index contributed by atoms with van der Waals surface area (Å²) in [7, 11) is 0. The Labute approximate surface area is 60.0 Å². The van der Waals surface area contributed by atoms with Crippen molar-refractivity contribution in [3.8, 4) is 0 Å². The summed E-state index contributed by atoms with van der Waals surface area (Å²) in [5, 5.41) is 2.57. The third-order valence-corrected chi connectivity index (χ3v) is 0.924. The van der Waals surface area contributed by atoms with Crippen molar-refractivity contribution in [3.05, 3.63) is 12.7 Å². The highest BCUT2D eigenvalue weighted by molar-refractivity contribution is 5.86. The van der Waals surface area contributed by atoms with Crippen LogP contribution < -0.4 is 11.2 Å². The van der Waals surface area contributed by atoms with E-state index in [2.05, 4.69) is 16.7 Å². The van der Waals surface area contributed by atoms with Crippen molar-refractivity contribution in [2.45, 2.75) is 6.42 Å². The van der Waals surface area contributed by atoms with Crippen molar-refractivity contribution >= 4 is 5.91 Å². The number of amides is 1. The van der Waals surface area contributed by atoms with Gasteiger partial charge in [-0.15, -0.1) is 0 Å². The Hall–Kier alpha value is -0.870. The molecule has 0 atom stereocenters. The van der Waals surface area contributed by atoms with Crippen LogP contribution in [-0.4, -0.2) is 19.1 Å². The predicted molar refractivity (Wildman–Crippen MR) is 38.0 cm³/mol. The number of hydrogen-bond donors (Lipinski definition) is 2. The number of nitrogens with one attached hydrogen (secondary N) is 1. The zero-order valence-corrected chi connectivity index (χ0v) is 5.80. The van der Waals surface area contributed by atoms with E-state index in [-0.39, 0.29) is 5.91 Å². The smallest absolute Gasteiger partial charge is 0.243 e. The van der Waals surface area contributed by atoms with Gasteiger partial charge in [0.05, 0.1) is 6.61 Å². The van der Waals surface area contributed by atoms with Crippen molar-refractivity contribution in [1.29, 1.82) is 0 Å². The van der Waals surface area contributed by atoms with Gasteiger partial charge in [0.2, 0.25) is 5.91 Å². The first-order valence-electron chi connectivity index (χ1n) is 3.03. The van der Waals surface area contributed by atoms with Crippen LogP contribution in [-0.2, 0) is 9.63 Å². The minimum atomic E-state index is -0.169. The van der Waals surface area contributed by atoms with Crippen molar-refractivity contribution in [2.75, 3.05) is 13.2 Å². The molecule has 0 rings (SSSR count). The summed E-state index contributed by atoms with van der Waals surface area (Å²) in [4.78, 5) is 14.8. The summed E-state index contributed by atoms with van der Waals surface area (Å²) in [5.74, 6) is 4.58. The first kappa shape index (κ1) is 9.13. The van der Waals surface area contributed by atoms with Gasteiger partial charge in [0.25, 0.3) is 0 Å². The summed E-state index contributed by atoms with van der Waals surface area (Å²) >= 11 is 0. The third kappa shape index (κ3) is 5.27. The molecule has 0 bridgehead atoms. The minimum Gasteiger partial charge on any atom is -0.352 e. The van der Waals surface area contributed by atoms with E-state index in [1.807, 2.05) is 0 Å². The van der Waals surface area contributed by atoms with Crippen molar-refractivity contribution in [2.24, 2.45) is 5.90 Å². The Morgan fingerprint density at radius 1 is 1.80 bits per heavy atom. The SMILES string of the molecule is C=CC(=O)NCCCON. The van der Waals surface area contributed by atoms with Crippen LogP contribution in [0.15, 0.2) is 12.7 Å². The van der Waals surface area contributed by atoms with Gasteiger partial charge in [-0.25, -0.2) is 5.90 Å². The highest BCUT2D eigenvalue weighted by atomic mass is 16.6. The predicted octanol–water partition coefficient (Wildman–Crippen LogP) is -0.431. The fourth-order valence-corrected chi connectivity index (χ4v) is 0.439. The Balaban J connectivity index is 3.03. The topological polar surface area (TPSA) is 64.3 Å². The second kappa shape index (κ2) is 6.25. The van der Waals surface area contributed by atoms with Crippen LogP contribution >= 0.6 is 0 Å². The lowest BCUT2D eigenvalue weighted by atomic mass is 10.4. The molecule has 1 amide bonds. The molecule has 0 saturated carbocycles. The molecule has 10 heavy (non-hydrogen) atoms. The fourth-order valence-electron chi connectivity index (χ4n) is 0.439. The molecule has 0 spiro atoms. The summed E-state index contributed by atoms with van der Waals surface area (Å²) in [6.45, 7) is 4.32. The standard InChI is InChI=1S/C6H12N2O2/c1-2-6(9)8-4-3-5-10-7/h2H,1,3-5,7H2,(H,8,9). The monoisotopic (exact) mass is 144 g/mol. The maximum atomic E-state index is 10.5. The highest BCUT2D eigenvalue weighted by Crippen LogP contribution is 1.75. The molecule has 0 aromatic heterocycles.